The van der Waals surface area contributed by atoms with Crippen molar-refractivity contribution in [2.24, 2.45) is 0 Å². The number of ether oxygens (including phenoxy) is 1. The second kappa shape index (κ2) is 6.22. The summed E-state index contributed by atoms with van der Waals surface area (Å²) in [6.45, 7) is 7.37. The largest absolute Gasteiger partial charge is 0.489 e. The van der Waals surface area contributed by atoms with E-state index >= 15 is 0 Å². The fourth-order valence-corrected chi connectivity index (χ4v) is 1.95. The van der Waals surface area contributed by atoms with Gasteiger partial charge in [-0.25, -0.2) is 0 Å². The predicted octanol–water partition coefficient (Wildman–Crippen LogP) is 3.38. The van der Waals surface area contributed by atoms with E-state index in [-0.39, 0.29) is 6.10 Å². The number of fused-ring (bicyclic) bond motifs is 1. The standard InChI is InChI=1S/C16H19NO/c1-3-11-17-12-13(2)18-16-10-6-8-14-7-4-5-9-15(14)16/h3-10,13,17H,1,11-12H2,2H3. The molecule has 0 amide bonds. The minimum Gasteiger partial charge on any atom is -0.489 e. The van der Waals surface area contributed by atoms with E-state index in [0.29, 0.717) is 0 Å². The summed E-state index contributed by atoms with van der Waals surface area (Å²) in [6, 6.07) is 14.4. The van der Waals surface area contributed by atoms with Crippen LogP contribution in [0.2, 0.25) is 0 Å². The lowest BCUT2D eigenvalue weighted by atomic mass is 10.1. The molecule has 0 saturated heterocycles. The summed E-state index contributed by atoms with van der Waals surface area (Å²) in [6.07, 6.45) is 1.99. The molecule has 94 valence electrons. The normalized spacial score (nSPS) is 12.3. The van der Waals surface area contributed by atoms with Gasteiger partial charge >= 0.3 is 0 Å². The number of nitrogens with one attached hydrogen (secondary N) is 1. The third-order valence-electron chi connectivity index (χ3n) is 2.80. The Hall–Kier alpha value is -1.80. The molecule has 0 fully saturated rings. The number of rotatable bonds is 6. The summed E-state index contributed by atoms with van der Waals surface area (Å²) >= 11 is 0. The van der Waals surface area contributed by atoms with Gasteiger partial charge in [0.05, 0.1) is 0 Å². The van der Waals surface area contributed by atoms with Crippen LogP contribution in [0.3, 0.4) is 0 Å². The number of benzene rings is 2. The quantitative estimate of drug-likeness (QED) is 0.618. The highest BCUT2D eigenvalue weighted by atomic mass is 16.5. The minimum atomic E-state index is 0.135. The maximum absolute atomic E-state index is 5.98. The van der Waals surface area contributed by atoms with Crippen molar-refractivity contribution in [2.45, 2.75) is 13.0 Å². The summed E-state index contributed by atoms with van der Waals surface area (Å²) in [5, 5.41) is 5.63. The Morgan fingerprint density at radius 1 is 1.22 bits per heavy atom. The Bertz CT molecular complexity index is 516. The van der Waals surface area contributed by atoms with Gasteiger partial charge in [-0.2, -0.15) is 0 Å². The number of hydrogen-bond acceptors (Lipinski definition) is 2. The predicted molar refractivity (Wildman–Crippen MR) is 77.1 cm³/mol. The molecular weight excluding hydrogens is 222 g/mol. The van der Waals surface area contributed by atoms with E-state index in [4.69, 9.17) is 4.74 Å². The third-order valence-corrected chi connectivity index (χ3v) is 2.80. The maximum atomic E-state index is 5.98. The van der Waals surface area contributed by atoms with E-state index in [1.807, 2.05) is 30.3 Å². The van der Waals surface area contributed by atoms with Crippen molar-refractivity contribution in [1.82, 2.24) is 5.32 Å². The molecule has 0 spiro atoms. The van der Waals surface area contributed by atoms with Crippen LogP contribution in [0.15, 0.2) is 55.1 Å². The van der Waals surface area contributed by atoms with Gasteiger partial charge in [0.15, 0.2) is 0 Å². The smallest absolute Gasteiger partial charge is 0.127 e. The van der Waals surface area contributed by atoms with Crippen molar-refractivity contribution in [1.29, 1.82) is 0 Å². The molecular formula is C16H19NO. The Balaban J connectivity index is 2.09. The van der Waals surface area contributed by atoms with Crippen molar-refractivity contribution in [3.63, 3.8) is 0 Å². The fourth-order valence-electron chi connectivity index (χ4n) is 1.95. The molecule has 0 heterocycles. The van der Waals surface area contributed by atoms with Crippen molar-refractivity contribution >= 4 is 10.8 Å². The Labute approximate surface area is 108 Å². The molecule has 2 heteroatoms. The summed E-state index contributed by atoms with van der Waals surface area (Å²) in [4.78, 5) is 0. The lowest BCUT2D eigenvalue weighted by Crippen LogP contribution is -2.28. The number of hydrogen-bond donors (Lipinski definition) is 1. The van der Waals surface area contributed by atoms with E-state index in [0.717, 1.165) is 24.2 Å². The van der Waals surface area contributed by atoms with Gasteiger partial charge in [0, 0.05) is 18.5 Å². The van der Waals surface area contributed by atoms with Gasteiger partial charge in [-0.1, -0.05) is 42.5 Å². The van der Waals surface area contributed by atoms with Gasteiger partial charge in [0.1, 0.15) is 11.9 Å². The van der Waals surface area contributed by atoms with Gasteiger partial charge in [0.25, 0.3) is 0 Å². The van der Waals surface area contributed by atoms with Gasteiger partial charge in [0.2, 0.25) is 0 Å². The van der Waals surface area contributed by atoms with E-state index < -0.39 is 0 Å². The third kappa shape index (κ3) is 3.11. The van der Waals surface area contributed by atoms with Gasteiger partial charge in [-0.3, -0.25) is 0 Å². The lowest BCUT2D eigenvalue weighted by Gasteiger charge is -2.16. The van der Waals surface area contributed by atoms with Crippen LogP contribution < -0.4 is 10.1 Å². The summed E-state index contributed by atoms with van der Waals surface area (Å²) in [5.41, 5.74) is 0. The Morgan fingerprint density at radius 2 is 2.00 bits per heavy atom. The monoisotopic (exact) mass is 241 g/mol. The van der Waals surface area contributed by atoms with Crippen molar-refractivity contribution in [3.8, 4) is 5.75 Å². The van der Waals surface area contributed by atoms with E-state index in [1.54, 1.807) is 0 Å². The molecule has 0 aliphatic heterocycles. The molecule has 2 aromatic rings. The highest BCUT2D eigenvalue weighted by Crippen LogP contribution is 2.25. The van der Waals surface area contributed by atoms with E-state index in [9.17, 15) is 0 Å². The first kappa shape index (κ1) is 12.7. The topological polar surface area (TPSA) is 21.3 Å². The average Bonchev–Trinajstić information content (AvgIpc) is 2.39. The molecule has 2 aromatic carbocycles. The molecule has 2 nitrogen and oxygen atoms in total. The average molecular weight is 241 g/mol. The molecule has 0 bridgehead atoms. The van der Waals surface area contributed by atoms with Crippen LogP contribution in [0.25, 0.3) is 10.8 Å². The lowest BCUT2D eigenvalue weighted by molar-refractivity contribution is 0.222. The zero-order valence-electron chi connectivity index (χ0n) is 10.7. The maximum Gasteiger partial charge on any atom is 0.127 e. The molecule has 1 atom stereocenters. The fraction of sp³-hybridized carbons (Fsp3) is 0.250. The van der Waals surface area contributed by atoms with Crippen LogP contribution in [-0.2, 0) is 0 Å². The first-order valence-electron chi connectivity index (χ1n) is 6.27. The first-order chi connectivity index (χ1) is 8.81. The van der Waals surface area contributed by atoms with Gasteiger partial charge in [-0.15, -0.1) is 6.58 Å². The highest BCUT2D eigenvalue weighted by molar-refractivity contribution is 5.88. The van der Waals surface area contributed by atoms with Crippen LogP contribution in [0.1, 0.15) is 6.92 Å². The van der Waals surface area contributed by atoms with Crippen LogP contribution in [0.5, 0.6) is 5.75 Å². The summed E-state index contributed by atoms with van der Waals surface area (Å²) in [5.74, 6) is 0.945. The highest BCUT2D eigenvalue weighted by Gasteiger charge is 2.06. The molecule has 0 aliphatic carbocycles. The van der Waals surface area contributed by atoms with Crippen LogP contribution >= 0.6 is 0 Å². The summed E-state index contributed by atoms with van der Waals surface area (Å²) in [7, 11) is 0. The van der Waals surface area contributed by atoms with E-state index in [1.165, 1.54) is 5.39 Å². The molecule has 0 radical (unpaired) electrons. The molecule has 0 aliphatic rings. The van der Waals surface area contributed by atoms with Crippen LogP contribution in [-0.4, -0.2) is 19.2 Å². The second-order valence-corrected chi connectivity index (χ2v) is 4.35. The molecule has 18 heavy (non-hydrogen) atoms. The van der Waals surface area contributed by atoms with Gasteiger partial charge < -0.3 is 10.1 Å². The molecule has 2 rings (SSSR count). The molecule has 1 N–H and O–H groups in total. The second-order valence-electron chi connectivity index (χ2n) is 4.35. The van der Waals surface area contributed by atoms with Crippen LogP contribution in [0, 0.1) is 0 Å². The molecule has 1 unspecified atom stereocenters. The van der Waals surface area contributed by atoms with Crippen LogP contribution in [0.4, 0.5) is 0 Å². The zero-order chi connectivity index (χ0) is 12.8. The summed E-state index contributed by atoms with van der Waals surface area (Å²) < 4.78 is 5.98. The Morgan fingerprint density at radius 3 is 2.83 bits per heavy atom. The van der Waals surface area contributed by atoms with Crippen molar-refractivity contribution < 1.29 is 4.74 Å². The first-order valence-corrected chi connectivity index (χ1v) is 6.27. The molecule has 0 saturated carbocycles. The van der Waals surface area contributed by atoms with Crippen molar-refractivity contribution in [2.75, 3.05) is 13.1 Å². The SMILES string of the molecule is C=CCNCC(C)Oc1cccc2ccccc12. The minimum absolute atomic E-state index is 0.135. The zero-order valence-corrected chi connectivity index (χ0v) is 10.7. The van der Waals surface area contributed by atoms with Crippen molar-refractivity contribution in [3.05, 3.63) is 55.1 Å². The van der Waals surface area contributed by atoms with Gasteiger partial charge in [-0.05, 0) is 18.4 Å². The van der Waals surface area contributed by atoms with E-state index in [2.05, 4.69) is 37.0 Å². The Kier molecular flexibility index (Phi) is 4.37. The molecule has 0 aromatic heterocycles.